The van der Waals surface area contributed by atoms with E-state index in [9.17, 15) is 4.79 Å². The highest BCUT2D eigenvalue weighted by atomic mass is 16.2. The van der Waals surface area contributed by atoms with E-state index in [1.807, 2.05) is 28.8 Å². The fourth-order valence-corrected chi connectivity index (χ4v) is 3.07. The van der Waals surface area contributed by atoms with Gasteiger partial charge in [0.2, 0.25) is 5.91 Å². The number of nitrogens with one attached hydrogen (secondary N) is 1. The predicted octanol–water partition coefficient (Wildman–Crippen LogP) is 3.32. The number of carbonyl (C=O) groups is 1. The summed E-state index contributed by atoms with van der Waals surface area (Å²) in [5.41, 5.74) is 4.21. The summed E-state index contributed by atoms with van der Waals surface area (Å²) < 4.78 is 1.81. The molecule has 5 heteroatoms. The van der Waals surface area contributed by atoms with Gasteiger partial charge in [-0.2, -0.15) is 0 Å². The Morgan fingerprint density at radius 2 is 1.92 bits per heavy atom. The number of amides is 1. The Bertz CT molecular complexity index is 873. The molecule has 1 saturated carbocycles. The van der Waals surface area contributed by atoms with Crippen LogP contribution in [0, 0.1) is 12.8 Å². The zero-order valence-electron chi connectivity index (χ0n) is 13.4. The zero-order chi connectivity index (χ0) is 16.5. The SMILES string of the molecule is Cc1cccc([C@@H]2C[C@@H]2C(=O)Nc2cccc(-n3cnnc3)c2)c1. The van der Waals surface area contributed by atoms with Crippen LogP contribution in [0.3, 0.4) is 0 Å². The molecular weight excluding hydrogens is 300 g/mol. The maximum atomic E-state index is 12.5. The monoisotopic (exact) mass is 318 g/mol. The summed E-state index contributed by atoms with van der Waals surface area (Å²) in [7, 11) is 0. The second-order valence-electron chi connectivity index (χ2n) is 6.27. The van der Waals surface area contributed by atoms with Crippen molar-refractivity contribution in [2.24, 2.45) is 5.92 Å². The van der Waals surface area contributed by atoms with Crippen molar-refractivity contribution >= 4 is 11.6 Å². The number of carbonyl (C=O) groups excluding carboxylic acids is 1. The Kier molecular flexibility index (Phi) is 3.61. The Morgan fingerprint density at radius 1 is 1.12 bits per heavy atom. The first kappa shape index (κ1) is 14.6. The summed E-state index contributed by atoms with van der Waals surface area (Å²) in [6, 6.07) is 16.1. The van der Waals surface area contributed by atoms with E-state index >= 15 is 0 Å². The van der Waals surface area contributed by atoms with Crippen LogP contribution in [-0.4, -0.2) is 20.7 Å². The normalized spacial score (nSPS) is 19.0. The smallest absolute Gasteiger partial charge is 0.228 e. The molecule has 4 rings (SSSR count). The van der Waals surface area contributed by atoms with Crippen LogP contribution in [-0.2, 0) is 4.79 Å². The van der Waals surface area contributed by atoms with Gasteiger partial charge in [0, 0.05) is 11.6 Å². The molecule has 0 unspecified atom stereocenters. The van der Waals surface area contributed by atoms with Gasteiger partial charge in [0.05, 0.1) is 5.69 Å². The van der Waals surface area contributed by atoms with Crippen LogP contribution in [0.2, 0.25) is 0 Å². The molecule has 0 bridgehead atoms. The van der Waals surface area contributed by atoms with Crippen molar-refractivity contribution in [1.29, 1.82) is 0 Å². The molecule has 1 N–H and O–H groups in total. The van der Waals surface area contributed by atoms with Crippen LogP contribution in [0.15, 0.2) is 61.2 Å². The molecule has 1 aromatic heterocycles. The van der Waals surface area contributed by atoms with Gasteiger partial charge in [-0.3, -0.25) is 9.36 Å². The van der Waals surface area contributed by atoms with Crippen LogP contribution in [0.5, 0.6) is 0 Å². The second kappa shape index (κ2) is 5.92. The van der Waals surface area contributed by atoms with E-state index in [0.717, 1.165) is 17.8 Å². The van der Waals surface area contributed by atoms with Gasteiger partial charge >= 0.3 is 0 Å². The van der Waals surface area contributed by atoms with Gasteiger partial charge in [-0.1, -0.05) is 35.9 Å². The summed E-state index contributed by atoms with van der Waals surface area (Å²) in [4.78, 5) is 12.5. The molecule has 0 spiro atoms. The van der Waals surface area contributed by atoms with Crippen LogP contribution >= 0.6 is 0 Å². The average molecular weight is 318 g/mol. The minimum Gasteiger partial charge on any atom is -0.326 e. The van der Waals surface area contributed by atoms with Gasteiger partial charge in [-0.25, -0.2) is 0 Å². The van der Waals surface area contributed by atoms with E-state index in [1.54, 1.807) is 12.7 Å². The largest absolute Gasteiger partial charge is 0.326 e. The van der Waals surface area contributed by atoms with E-state index in [-0.39, 0.29) is 11.8 Å². The van der Waals surface area contributed by atoms with Gasteiger partial charge in [-0.15, -0.1) is 10.2 Å². The van der Waals surface area contributed by atoms with Crippen LogP contribution < -0.4 is 5.32 Å². The number of aryl methyl sites for hydroxylation is 1. The molecule has 1 amide bonds. The number of rotatable bonds is 4. The third-order valence-corrected chi connectivity index (χ3v) is 4.43. The van der Waals surface area contributed by atoms with Gasteiger partial charge in [0.15, 0.2) is 0 Å². The molecule has 0 aliphatic heterocycles. The molecule has 24 heavy (non-hydrogen) atoms. The van der Waals surface area contributed by atoms with Crippen molar-refractivity contribution in [2.45, 2.75) is 19.3 Å². The number of anilines is 1. The van der Waals surface area contributed by atoms with Gasteiger partial charge < -0.3 is 5.32 Å². The highest BCUT2D eigenvalue weighted by Crippen LogP contribution is 2.48. The van der Waals surface area contributed by atoms with Crippen LogP contribution in [0.4, 0.5) is 5.69 Å². The highest BCUT2D eigenvalue weighted by molar-refractivity contribution is 5.95. The predicted molar refractivity (Wildman–Crippen MR) is 92.0 cm³/mol. The summed E-state index contributed by atoms with van der Waals surface area (Å²) in [6.07, 6.45) is 4.19. The number of nitrogens with zero attached hydrogens (tertiary/aromatic N) is 3. The topological polar surface area (TPSA) is 59.8 Å². The number of hydrogen-bond donors (Lipinski definition) is 1. The number of benzene rings is 2. The van der Waals surface area contributed by atoms with E-state index < -0.39 is 0 Å². The summed E-state index contributed by atoms with van der Waals surface area (Å²) in [5, 5.41) is 10.6. The lowest BCUT2D eigenvalue weighted by Crippen LogP contribution is -2.14. The van der Waals surface area contributed by atoms with Crippen molar-refractivity contribution in [1.82, 2.24) is 14.8 Å². The quantitative estimate of drug-likeness (QED) is 0.803. The van der Waals surface area contributed by atoms with Crippen molar-refractivity contribution in [3.63, 3.8) is 0 Å². The molecule has 120 valence electrons. The van der Waals surface area contributed by atoms with Crippen molar-refractivity contribution in [3.05, 3.63) is 72.3 Å². The second-order valence-corrected chi connectivity index (χ2v) is 6.27. The molecule has 1 aliphatic carbocycles. The van der Waals surface area contributed by atoms with Crippen LogP contribution in [0.25, 0.3) is 5.69 Å². The highest BCUT2D eigenvalue weighted by Gasteiger charge is 2.43. The maximum Gasteiger partial charge on any atom is 0.228 e. The van der Waals surface area contributed by atoms with E-state index in [1.165, 1.54) is 11.1 Å². The minimum atomic E-state index is 0.0605. The van der Waals surface area contributed by atoms with Gasteiger partial charge in [-0.05, 0) is 43.0 Å². The summed E-state index contributed by atoms with van der Waals surface area (Å²) in [5.74, 6) is 0.485. The Morgan fingerprint density at radius 3 is 2.71 bits per heavy atom. The first-order valence-electron chi connectivity index (χ1n) is 8.03. The van der Waals surface area contributed by atoms with Gasteiger partial charge in [0.25, 0.3) is 0 Å². The van der Waals surface area contributed by atoms with Gasteiger partial charge in [0.1, 0.15) is 12.7 Å². The lowest BCUT2D eigenvalue weighted by Gasteiger charge is -2.08. The molecule has 0 radical (unpaired) electrons. The molecule has 1 fully saturated rings. The lowest BCUT2D eigenvalue weighted by atomic mass is 10.1. The Balaban J connectivity index is 1.45. The first-order chi connectivity index (χ1) is 11.7. The summed E-state index contributed by atoms with van der Waals surface area (Å²) in [6.45, 7) is 2.08. The number of aromatic nitrogens is 3. The molecule has 5 nitrogen and oxygen atoms in total. The Hall–Kier alpha value is -2.95. The minimum absolute atomic E-state index is 0.0605. The fraction of sp³-hybridized carbons (Fsp3) is 0.211. The van der Waals surface area contributed by atoms with Crippen molar-refractivity contribution < 1.29 is 4.79 Å². The zero-order valence-corrected chi connectivity index (χ0v) is 13.4. The third kappa shape index (κ3) is 2.93. The average Bonchev–Trinajstić information content (AvgIpc) is 3.21. The standard InChI is InChI=1S/C19H18N4O/c1-13-4-2-5-14(8-13)17-10-18(17)19(24)22-15-6-3-7-16(9-15)23-11-20-21-12-23/h2-9,11-12,17-18H,10H2,1H3,(H,22,24)/t17-,18-/m0/s1. The van der Waals surface area contributed by atoms with Crippen LogP contribution in [0.1, 0.15) is 23.5 Å². The Labute approximate surface area is 140 Å². The number of hydrogen-bond acceptors (Lipinski definition) is 3. The lowest BCUT2D eigenvalue weighted by molar-refractivity contribution is -0.117. The molecule has 0 saturated heterocycles. The fourth-order valence-electron chi connectivity index (χ4n) is 3.07. The van der Waals surface area contributed by atoms with E-state index in [2.05, 4.69) is 46.7 Å². The van der Waals surface area contributed by atoms with E-state index in [0.29, 0.717) is 5.92 Å². The molecule has 3 aromatic rings. The first-order valence-corrected chi connectivity index (χ1v) is 8.03. The van der Waals surface area contributed by atoms with E-state index in [4.69, 9.17) is 0 Å². The third-order valence-electron chi connectivity index (χ3n) is 4.43. The molecule has 2 atom stereocenters. The molecule has 1 heterocycles. The molecule has 1 aliphatic rings. The summed E-state index contributed by atoms with van der Waals surface area (Å²) >= 11 is 0. The van der Waals surface area contributed by atoms with Crippen molar-refractivity contribution in [2.75, 3.05) is 5.32 Å². The van der Waals surface area contributed by atoms with Crippen molar-refractivity contribution in [3.8, 4) is 5.69 Å². The molecular formula is C19H18N4O. The maximum absolute atomic E-state index is 12.5. The molecule has 2 aromatic carbocycles.